The van der Waals surface area contributed by atoms with Crippen LogP contribution in [0.3, 0.4) is 0 Å². The molecule has 0 aliphatic carbocycles. The molecule has 0 fully saturated rings. The Hall–Kier alpha value is -5.59. The summed E-state index contributed by atoms with van der Waals surface area (Å²) in [6.07, 6.45) is 16.2. The largest absolute Gasteiger partial charge is 0.481 e. The zero-order chi connectivity index (χ0) is 58.2. The Kier molecular flexibility index (Phi) is 45.1. The minimum atomic E-state index is -1.44. The second-order valence-corrected chi connectivity index (χ2v) is 19.6. The smallest absolute Gasteiger partial charge is 0.326 e. The summed E-state index contributed by atoms with van der Waals surface area (Å²) in [4.78, 5) is 130. The molecule has 448 valence electrons. The van der Waals surface area contributed by atoms with Crippen LogP contribution in [0.25, 0.3) is 0 Å². The monoisotopic (exact) mass is 1120 g/mol. The van der Waals surface area contributed by atoms with Gasteiger partial charge in [0, 0.05) is 64.6 Å². The number of ketones is 2. The number of carbonyl (C=O) groups is 11. The average molecular weight is 1120 g/mol. The van der Waals surface area contributed by atoms with Crippen molar-refractivity contribution < 1.29 is 97.2 Å². The molecule has 4 amide bonds. The predicted octanol–water partition coefficient (Wildman–Crippen LogP) is 4.99. The lowest BCUT2D eigenvalue weighted by Gasteiger charge is -2.15. The van der Waals surface area contributed by atoms with Gasteiger partial charge in [-0.2, -0.15) is 0 Å². The molecule has 0 aromatic rings. The molecular formula is C54H92N4O20. The lowest BCUT2D eigenvalue weighted by Crippen LogP contribution is -2.43. The summed E-state index contributed by atoms with van der Waals surface area (Å²) < 4.78 is 21.3. The van der Waals surface area contributed by atoms with E-state index in [1.807, 2.05) is 0 Å². The van der Waals surface area contributed by atoms with E-state index in [4.69, 9.17) is 29.2 Å². The van der Waals surface area contributed by atoms with Crippen LogP contribution in [0, 0.1) is 11.8 Å². The van der Waals surface area contributed by atoms with Crippen LogP contribution in [0.15, 0.2) is 0 Å². The Labute approximate surface area is 458 Å². The maximum atomic E-state index is 12.5. The van der Waals surface area contributed by atoms with Gasteiger partial charge in [-0.05, 0) is 51.4 Å². The molecule has 0 unspecified atom stereocenters. The molecule has 0 aliphatic heterocycles. The normalized spacial score (nSPS) is 12.6. The number of aliphatic carboxylic acids is 5. The van der Waals surface area contributed by atoms with Gasteiger partial charge in [0.25, 0.3) is 0 Å². The molecule has 24 nitrogen and oxygen atoms in total. The first kappa shape index (κ1) is 72.4. The van der Waals surface area contributed by atoms with E-state index in [2.05, 4.69) is 21.3 Å². The van der Waals surface area contributed by atoms with Crippen molar-refractivity contribution in [2.75, 3.05) is 65.9 Å². The Morgan fingerprint density at radius 2 is 0.833 bits per heavy atom. The zero-order valence-corrected chi connectivity index (χ0v) is 46.0. The van der Waals surface area contributed by atoms with E-state index < -0.39 is 90.3 Å². The van der Waals surface area contributed by atoms with Crippen molar-refractivity contribution in [3.8, 4) is 0 Å². The van der Waals surface area contributed by atoms with Crippen LogP contribution >= 0.6 is 0 Å². The van der Waals surface area contributed by atoms with E-state index in [0.717, 1.165) is 51.4 Å². The summed E-state index contributed by atoms with van der Waals surface area (Å²) in [6, 6.07) is -2.58. The van der Waals surface area contributed by atoms with E-state index in [1.165, 1.54) is 32.1 Å². The van der Waals surface area contributed by atoms with Gasteiger partial charge >= 0.3 is 29.8 Å². The fourth-order valence-corrected chi connectivity index (χ4v) is 7.90. The SMILES string of the molecule is C[C@@H](CCCCNC(=O)CC[C@H](CC(=O)CC[C@H](NC(=O)COCCOCCNC(=O)COCCOCCCC(=O)CC[C@H](NC(=O)CCCCCCCCCCCCCCCCC(=O)O)C(=O)O)C(=O)O)C(=O)O)C(=O)O. The summed E-state index contributed by atoms with van der Waals surface area (Å²) >= 11 is 0. The standard InChI is InChI=1S/C54H92N4O20/c1-40(51(67)68)19-16-17-29-55-46(61)28-23-41(52(69)70)37-43(60)25-27-45(54(73)74)58-49(64)39-78-36-34-76-32-30-56-48(63)38-77-35-33-75-31-18-20-42(59)24-26-44(53(71)72)57-47(62)21-14-12-10-8-6-4-2-3-5-7-9-11-13-15-22-50(65)66/h40-41,44-45H,2-39H2,1H3,(H,55,61)(H,56,63)(H,57,62)(H,58,64)(H,65,66)(H,67,68)(H,69,70)(H,71,72)(H,73,74)/t40-,41+,44-,45-/m0/s1. The van der Waals surface area contributed by atoms with E-state index in [0.29, 0.717) is 38.6 Å². The van der Waals surface area contributed by atoms with Gasteiger partial charge in [-0.1, -0.05) is 90.4 Å². The van der Waals surface area contributed by atoms with Crippen LogP contribution in [0.4, 0.5) is 0 Å². The first-order valence-corrected chi connectivity index (χ1v) is 27.9. The van der Waals surface area contributed by atoms with Gasteiger partial charge in [-0.25, -0.2) is 9.59 Å². The number of carboxylic acid groups (broad SMARTS) is 5. The van der Waals surface area contributed by atoms with Crippen molar-refractivity contribution in [2.45, 2.75) is 199 Å². The number of amides is 4. The third-order valence-corrected chi connectivity index (χ3v) is 12.6. The Morgan fingerprint density at radius 3 is 1.36 bits per heavy atom. The van der Waals surface area contributed by atoms with Gasteiger partial charge in [0.15, 0.2) is 0 Å². The van der Waals surface area contributed by atoms with Gasteiger partial charge in [-0.15, -0.1) is 0 Å². The van der Waals surface area contributed by atoms with Crippen LogP contribution in [0.2, 0.25) is 0 Å². The molecule has 0 bridgehead atoms. The Balaban J connectivity index is 3.95. The first-order chi connectivity index (χ1) is 37.3. The van der Waals surface area contributed by atoms with Crippen molar-refractivity contribution in [2.24, 2.45) is 11.8 Å². The number of Topliss-reactive ketones (excluding diaryl/α,β-unsaturated/α-hetero) is 2. The highest BCUT2D eigenvalue weighted by molar-refractivity contribution is 5.87. The summed E-state index contributed by atoms with van der Waals surface area (Å²) in [7, 11) is 0. The molecule has 4 atom stereocenters. The van der Waals surface area contributed by atoms with Gasteiger partial charge < -0.3 is 65.7 Å². The molecule has 0 aromatic heterocycles. The fourth-order valence-electron chi connectivity index (χ4n) is 7.90. The van der Waals surface area contributed by atoms with Crippen molar-refractivity contribution in [3.63, 3.8) is 0 Å². The van der Waals surface area contributed by atoms with E-state index >= 15 is 0 Å². The number of hydrogen-bond acceptors (Lipinski definition) is 15. The number of nitrogens with one attached hydrogen (secondary N) is 4. The zero-order valence-electron chi connectivity index (χ0n) is 46.0. The van der Waals surface area contributed by atoms with Gasteiger partial charge in [-0.3, -0.25) is 43.2 Å². The molecule has 0 rings (SSSR count). The first-order valence-electron chi connectivity index (χ1n) is 27.9. The topological polar surface area (TPSA) is 374 Å². The highest BCUT2D eigenvalue weighted by Gasteiger charge is 2.26. The molecule has 0 spiro atoms. The molecule has 24 heteroatoms. The fraction of sp³-hybridized carbons (Fsp3) is 0.796. The van der Waals surface area contributed by atoms with Crippen LogP contribution in [0.5, 0.6) is 0 Å². The molecular weight excluding hydrogens is 1020 g/mol. The number of carboxylic acids is 5. The summed E-state index contributed by atoms with van der Waals surface area (Å²) in [5.74, 6) is -9.79. The predicted molar refractivity (Wildman–Crippen MR) is 283 cm³/mol. The highest BCUT2D eigenvalue weighted by Crippen LogP contribution is 2.17. The van der Waals surface area contributed by atoms with Crippen LogP contribution in [-0.4, -0.2) is 169 Å². The van der Waals surface area contributed by atoms with Crippen molar-refractivity contribution >= 4 is 65.0 Å². The number of carbonyl (C=O) groups excluding carboxylic acids is 6. The molecule has 9 N–H and O–H groups in total. The Bertz CT molecular complexity index is 1770. The average Bonchev–Trinajstić information content (AvgIpc) is 3.38. The Morgan fingerprint density at radius 1 is 0.359 bits per heavy atom. The number of hydrogen-bond donors (Lipinski definition) is 9. The van der Waals surface area contributed by atoms with Gasteiger partial charge in [0.2, 0.25) is 23.6 Å². The van der Waals surface area contributed by atoms with Crippen LogP contribution in [0.1, 0.15) is 187 Å². The van der Waals surface area contributed by atoms with Crippen LogP contribution < -0.4 is 21.3 Å². The van der Waals surface area contributed by atoms with Crippen molar-refractivity contribution in [3.05, 3.63) is 0 Å². The third kappa shape index (κ3) is 45.4. The second-order valence-electron chi connectivity index (χ2n) is 19.6. The molecule has 0 aromatic carbocycles. The highest BCUT2D eigenvalue weighted by atomic mass is 16.5. The maximum absolute atomic E-state index is 12.5. The molecule has 0 saturated carbocycles. The molecule has 0 heterocycles. The summed E-state index contributed by atoms with van der Waals surface area (Å²) in [5, 5.41) is 56.3. The number of unbranched alkanes of at least 4 members (excludes halogenated alkanes) is 14. The lowest BCUT2D eigenvalue weighted by molar-refractivity contribution is -0.145. The van der Waals surface area contributed by atoms with Crippen LogP contribution in [-0.2, 0) is 71.7 Å². The third-order valence-electron chi connectivity index (χ3n) is 12.6. The molecule has 0 aliphatic rings. The molecule has 0 saturated heterocycles. The minimum absolute atomic E-state index is 0.00258. The lowest BCUT2D eigenvalue weighted by atomic mass is 9.94. The molecule has 0 radical (unpaired) electrons. The van der Waals surface area contributed by atoms with E-state index in [1.54, 1.807) is 6.92 Å². The molecule has 78 heavy (non-hydrogen) atoms. The summed E-state index contributed by atoms with van der Waals surface area (Å²) in [6.45, 7) is 1.97. The quantitative estimate of drug-likeness (QED) is 0.0362. The number of ether oxygens (including phenoxy) is 4. The second kappa shape index (κ2) is 48.5. The summed E-state index contributed by atoms with van der Waals surface area (Å²) in [5.41, 5.74) is 0. The van der Waals surface area contributed by atoms with E-state index in [-0.39, 0.29) is 122 Å². The van der Waals surface area contributed by atoms with Gasteiger partial charge in [0.1, 0.15) is 36.9 Å². The number of rotatable bonds is 56. The maximum Gasteiger partial charge on any atom is 0.326 e. The minimum Gasteiger partial charge on any atom is -0.481 e. The van der Waals surface area contributed by atoms with Crippen molar-refractivity contribution in [1.82, 2.24) is 21.3 Å². The van der Waals surface area contributed by atoms with E-state index in [9.17, 15) is 68.1 Å². The van der Waals surface area contributed by atoms with Crippen molar-refractivity contribution in [1.29, 1.82) is 0 Å². The van der Waals surface area contributed by atoms with Gasteiger partial charge in [0.05, 0.1) is 44.9 Å².